The average molecular weight is 625 g/mol. The minimum atomic E-state index is -1.07. The zero-order chi connectivity index (χ0) is 32.0. The third-order valence-electron chi connectivity index (χ3n) is 8.86. The molecule has 2 fully saturated rings. The third kappa shape index (κ3) is 5.56. The van der Waals surface area contributed by atoms with E-state index in [0.717, 1.165) is 37.5 Å². The highest BCUT2D eigenvalue weighted by Crippen LogP contribution is 2.46. The highest BCUT2D eigenvalue weighted by molar-refractivity contribution is 5.92. The summed E-state index contributed by atoms with van der Waals surface area (Å²) in [6.07, 6.45) is 2.77. The summed E-state index contributed by atoms with van der Waals surface area (Å²) in [5.41, 5.74) is 1.39. The molecule has 0 spiro atoms. The number of imidazole rings is 1. The van der Waals surface area contributed by atoms with Crippen molar-refractivity contribution in [3.8, 4) is 23.2 Å². The molecule has 232 valence electrons. The molecule has 1 saturated heterocycles. The fourth-order valence-corrected chi connectivity index (χ4v) is 6.48. The Hall–Kier alpha value is -5.21. The van der Waals surface area contributed by atoms with E-state index < -0.39 is 29.0 Å². The van der Waals surface area contributed by atoms with Gasteiger partial charge in [-0.2, -0.15) is 5.26 Å². The van der Waals surface area contributed by atoms with Crippen molar-refractivity contribution in [1.29, 1.82) is 5.26 Å². The summed E-state index contributed by atoms with van der Waals surface area (Å²) in [6, 6.07) is 17.4. The van der Waals surface area contributed by atoms with Crippen molar-refractivity contribution in [3.05, 3.63) is 112 Å². The first-order valence-corrected chi connectivity index (χ1v) is 14.8. The Morgan fingerprint density at radius 1 is 1.04 bits per heavy atom. The SMILES string of the molecule is N#Cc1ccc(COc2cccc(-c3cc(F)c(Cc4nc5ccc(C(=O)O)cc5n4CC45CCC(CO4)C5)cc3F)n2)c(F)c1. The number of nitriles is 1. The van der Waals surface area contributed by atoms with Crippen molar-refractivity contribution in [2.24, 2.45) is 5.92 Å². The predicted molar refractivity (Wildman–Crippen MR) is 161 cm³/mol. The van der Waals surface area contributed by atoms with Crippen LogP contribution in [0.25, 0.3) is 22.3 Å². The van der Waals surface area contributed by atoms with Crippen LogP contribution in [0.15, 0.2) is 66.7 Å². The van der Waals surface area contributed by atoms with Gasteiger partial charge < -0.3 is 19.1 Å². The van der Waals surface area contributed by atoms with E-state index in [-0.39, 0.29) is 52.4 Å². The molecular weight excluding hydrogens is 597 g/mol. The molecule has 1 N–H and O–H groups in total. The van der Waals surface area contributed by atoms with E-state index in [1.165, 1.54) is 30.3 Å². The van der Waals surface area contributed by atoms with Crippen LogP contribution in [0.5, 0.6) is 5.88 Å². The van der Waals surface area contributed by atoms with E-state index in [9.17, 15) is 14.3 Å². The second kappa shape index (κ2) is 11.6. The smallest absolute Gasteiger partial charge is 0.335 e. The number of hydrogen-bond acceptors (Lipinski definition) is 6. The van der Waals surface area contributed by atoms with E-state index in [0.29, 0.717) is 35.9 Å². The van der Waals surface area contributed by atoms with Gasteiger partial charge in [0, 0.05) is 23.6 Å². The third-order valence-corrected chi connectivity index (χ3v) is 8.86. The number of aromatic nitrogens is 3. The van der Waals surface area contributed by atoms with E-state index in [4.69, 9.17) is 19.7 Å². The molecule has 0 amide bonds. The van der Waals surface area contributed by atoms with Crippen molar-refractivity contribution in [2.75, 3.05) is 6.61 Å². The Balaban J connectivity index is 1.17. The second-order valence-corrected chi connectivity index (χ2v) is 11.9. The number of rotatable bonds is 9. The van der Waals surface area contributed by atoms with E-state index >= 15 is 8.78 Å². The summed E-state index contributed by atoms with van der Waals surface area (Å²) in [5.74, 6) is -1.99. The summed E-state index contributed by atoms with van der Waals surface area (Å²) in [6.45, 7) is 0.936. The molecular formula is C35H27F3N4O4. The van der Waals surface area contributed by atoms with Crippen molar-refractivity contribution in [2.45, 2.75) is 44.4 Å². The van der Waals surface area contributed by atoms with Crippen LogP contribution >= 0.6 is 0 Å². The first-order valence-electron chi connectivity index (χ1n) is 14.8. The minimum absolute atomic E-state index is 0.0354. The van der Waals surface area contributed by atoms with Crippen LogP contribution in [0.3, 0.4) is 0 Å². The number of carboxylic acid groups (broad SMARTS) is 1. The Morgan fingerprint density at radius 3 is 2.61 bits per heavy atom. The zero-order valence-corrected chi connectivity index (χ0v) is 24.5. The summed E-state index contributed by atoms with van der Waals surface area (Å²) in [4.78, 5) is 20.7. The van der Waals surface area contributed by atoms with Crippen LogP contribution < -0.4 is 4.74 Å². The number of ether oxygens (including phenoxy) is 2. The molecule has 2 aromatic heterocycles. The monoisotopic (exact) mass is 624 g/mol. The number of carbonyl (C=O) groups is 1. The number of pyridine rings is 1. The normalized spacial score (nSPS) is 18.6. The number of benzene rings is 3. The number of aromatic carboxylic acids is 1. The van der Waals surface area contributed by atoms with Crippen molar-refractivity contribution < 1.29 is 32.5 Å². The lowest BCUT2D eigenvalue weighted by atomic mass is 10.0. The van der Waals surface area contributed by atoms with E-state index in [2.05, 4.69) is 4.98 Å². The Kier molecular flexibility index (Phi) is 7.45. The van der Waals surface area contributed by atoms with Gasteiger partial charge in [0.05, 0.1) is 52.7 Å². The van der Waals surface area contributed by atoms with Crippen LogP contribution in [0, 0.1) is 34.7 Å². The lowest BCUT2D eigenvalue weighted by Gasteiger charge is -2.28. The van der Waals surface area contributed by atoms with Gasteiger partial charge in [-0.15, -0.1) is 0 Å². The van der Waals surface area contributed by atoms with Crippen molar-refractivity contribution in [3.63, 3.8) is 0 Å². The molecule has 3 aromatic carbocycles. The van der Waals surface area contributed by atoms with Crippen LogP contribution in [-0.2, 0) is 24.3 Å². The molecule has 3 heterocycles. The number of nitrogens with zero attached hydrogens (tertiary/aromatic N) is 4. The van der Waals surface area contributed by atoms with Crippen LogP contribution in [0.2, 0.25) is 0 Å². The van der Waals surface area contributed by atoms with Crippen LogP contribution in [0.1, 0.15) is 52.1 Å². The second-order valence-electron chi connectivity index (χ2n) is 11.9. The number of fused-ring (bicyclic) bond motifs is 3. The first kappa shape index (κ1) is 29.5. The quantitative estimate of drug-likeness (QED) is 0.192. The van der Waals surface area contributed by atoms with Crippen LogP contribution in [0.4, 0.5) is 13.2 Å². The van der Waals surface area contributed by atoms with Gasteiger partial charge in [-0.1, -0.05) is 12.1 Å². The molecule has 7 rings (SSSR count). The van der Waals surface area contributed by atoms with Gasteiger partial charge in [0.25, 0.3) is 0 Å². The van der Waals surface area contributed by atoms with Crippen LogP contribution in [-0.4, -0.2) is 37.8 Å². The fraction of sp³-hybridized carbons (Fsp3) is 0.257. The Labute approximate surface area is 261 Å². The predicted octanol–water partition coefficient (Wildman–Crippen LogP) is 6.82. The van der Waals surface area contributed by atoms with Gasteiger partial charge >= 0.3 is 5.97 Å². The molecule has 2 bridgehead atoms. The molecule has 2 unspecified atom stereocenters. The fourth-order valence-electron chi connectivity index (χ4n) is 6.48. The van der Waals surface area contributed by atoms with E-state index in [1.54, 1.807) is 18.2 Å². The summed E-state index contributed by atoms with van der Waals surface area (Å²) in [7, 11) is 0. The maximum absolute atomic E-state index is 15.7. The van der Waals surface area contributed by atoms with Gasteiger partial charge in [0.1, 0.15) is 29.9 Å². The lowest BCUT2D eigenvalue weighted by molar-refractivity contribution is -0.0284. The summed E-state index contributed by atoms with van der Waals surface area (Å²) in [5, 5.41) is 18.5. The lowest BCUT2D eigenvalue weighted by Crippen LogP contribution is -2.33. The molecule has 2 atom stereocenters. The molecule has 0 radical (unpaired) electrons. The standard InChI is InChI=1S/C35H27F3N4O4/c36-26-10-20(16-39)4-5-23(26)18-45-33-3-1-2-29(41-33)25-14-27(37)24(11-28(25)38)13-32-40-30-7-6-22(34(43)44)12-31(30)42(32)19-35-9-8-21(15-35)17-46-35/h1-7,10-12,14,21H,8-9,13,15,17-19H2,(H,43,44). The molecule has 11 heteroatoms. The van der Waals surface area contributed by atoms with E-state index in [1.807, 2.05) is 10.6 Å². The number of carboxylic acids is 1. The molecule has 5 aromatic rings. The maximum Gasteiger partial charge on any atom is 0.335 e. The highest BCUT2D eigenvalue weighted by atomic mass is 19.1. The molecule has 8 nitrogen and oxygen atoms in total. The van der Waals surface area contributed by atoms with Gasteiger partial charge in [-0.25, -0.2) is 27.9 Å². The Bertz CT molecular complexity index is 2050. The van der Waals surface area contributed by atoms with Crippen molar-refractivity contribution in [1.82, 2.24) is 14.5 Å². The topological polar surface area (TPSA) is 110 Å². The molecule has 2 aliphatic rings. The van der Waals surface area contributed by atoms with Crippen molar-refractivity contribution >= 4 is 17.0 Å². The number of hydrogen-bond donors (Lipinski definition) is 1. The first-order chi connectivity index (χ1) is 22.2. The molecule has 46 heavy (non-hydrogen) atoms. The average Bonchev–Trinajstić information content (AvgIpc) is 3.75. The summed E-state index contributed by atoms with van der Waals surface area (Å²) >= 11 is 0. The zero-order valence-electron chi connectivity index (χ0n) is 24.5. The maximum atomic E-state index is 15.7. The Morgan fingerprint density at radius 2 is 1.89 bits per heavy atom. The molecule has 1 aliphatic heterocycles. The van der Waals surface area contributed by atoms with Gasteiger partial charge in [0.15, 0.2) is 0 Å². The minimum Gasteiger partial charge on any atom is -0.478 e. The summed E-state index contributed by atoms with van der Waals surface area (Å²) < 4.78 is 59.2. The molecule has 1 aliphatic carbocycles. The largest absolute Gasteiger partial charge is 0.478 e. The van der Waals surface area contributed by atoms with Gasteiger partial charge in [-0.05, 0) is 79.3 Å². The number of halogens is 3. The van der Waals surface area contributed by atoms with Gasteiger partial charge in [-0.3, -0.25) is 0 Å². The van der Waals surface area contributed by atoms with Gasteiger partial charge in [0.2, 0.25) is 5.88 Å². The molecule has 1 saturated carbocycles. The highest BCUT2D eigenvalue weighted by Gasteiger charge is 2.47.